The number of benzene rings is 1. The molecular weight excluding hydrogens is 346 g/mol. The minimum Gasteiger partial charge on any atom is -0.481 e. The molecule has 0 spiro atoms. The van der Waals surface area contributed by atoms with Crippen molar-refractivity contribution in [3.63, 3.8) is 0 Å². The Morgan fingerprint density at radius 3 is 2.70 bits per heavy atom. The zero-order valence-electron chi connectivity index (χ0n) is 15.9. The predicted octanol–water partition coefficient (Wildman–Crippen LogP) is 2.05. The lowest BCUT2D eigenvalue weighted by Crippen LogP contribution is -2.40. The van der Waals surface area contributed by atoms with Gasteiger partial charge in [0.15, 0.2) is 0 Å². The van der Waals surface area contributed by atoms with Crippen molar-refractivity contribution in [3.05, 3.63) is 40.4 Å². The summed E-state index contributed by atoms with van der Waals surface area (Å²) in [6.07, 6.45) is 2.08. The molecule has 1 atom stereocenters. The van der Waals surface area contributed by atoms with Crippen LogP contribution >= 0.6 is 0 Å². The number of nitrogens with zero attached hydrogens (tertiary/aromatic N) is 3. The molecule has 2 aromatic rings. The average Bonchev–Trinajstić information content (AvgIpc) is 3.09. The Hall–Kier alpha value is -2.70. The quantitative estimate of drug-likeness (QED) is 0.868. The van der Waals surface area contributed by atoms with Gasteiger partial charge < -0.3 is 10.0 Å². The van der Waals surface area contributed by atoms with Crippen LogP contribution < -0.4 is 5.56 Å². The zero-order chi connectivity index (χ0) is 19.8. The highest BCUT2D eigenvalue weighted by Gasteiger charge is 2.48. The summed E-state index contributed by atoms with van der Waals surface area (Å²) in [5.74, 6) is -1.03. The highest BCUT2D eigenvalue weighted by Crippen LogP contribution is 2.38. The SMILES string of the molecule is Cc1cccc2c(=O)n(CCC(=O)N3CCC(C(=O)O)(C(C)C)C3)cnc12. The fraction of sp³-hybridized carbons (Fsp3) is 0.500. The third-order valence-corrected chi connectivity index (χ3v) is 5.81. The molecule has 7 nitrogen and oxygen atoms in total. The predicted molar refractivity (Wildman–Crippen MR) is 101 cm³/mol. The van der Waals surface area contributed by atoms with Crippen molar-refractivity contribution in [2.75, 3.05) is 13.1 Å². The normalized spacial score (nSPS) is 19.8. The van der Waals surface area contributed by atoms with Crippen LogP contribution in [-0.2, 0) is 16.1 Å². The van der Waals surface area contributed by atoms with E-state index in [4.69, 9.17) is 0 Å². The van der Waals surface area contributed by atoms with Gasteiger partial charge in [-0.15, -0.1) is 0 Å². The minimum atomic E-state index is -0.880. The molecule has 2 heterocycles. The molecule has 0 radical (unpaired) electrons. The van der Waals surface area contributed by atoms with Crippen molar-refractivity contribution in [1.82, 2.24) is 14.5 Å². The molecule has 0 saturated carbocycles. The van der Waals surface area contributed by atoms with E-state index in [0.717, 1.165) is 5.56 Å². The third kappa shape index (κ3) is 3.34. The van der Waals surface area contributed by atoms with Gasteiger partial charge in [0.25, 0.3) is 5.56 Å². The summed E-state index contributed by atoms with van der Waals surface area (Å²) >= 11 is 0. The van der Waals surface area contributed by atoms with Crippen molar-refractivity contribution < 1.29 is 14.7 Å². The maximum Gasteiger partial charge on any atom is 0.311 e. The van der Waals surface area contributed by atoms with E-state index < -0.39 is 11.4 Å². The molecule has 1 aromatic carbocycles. The number of aliphatic carboxylic acids is 1. The molecule has 27 heavy (non-hydrogen) atoms. The molecular formula is C20H25N3O4. The summed E-state index contributed by atoms with van der Waals surface area (Å²) in [5, 5.41) is 10.1. The maximum atomic E-state index is 12.6. The molecule has 1 N–H and O–H groups in total. The summed E-state index contributed by atoms with van der Waals surface area (Å²) in [6, 6.07) is 5.46. The van der Waals surface area contributed by atoms with E-state index >= 15 is 0 Å². The summed E-state index contributed by atoms with van der Waals surface area (Å²) < 4.78 is 1.45. The lowest BCUT2D eigenvalue weighted by Gasteiger charge is -2.28. The Balaban J connectivity index is 1.72. The summed E-state index contributed by atoms with van der Waals surface area (Å²) in [7, 11) is 0. The summed E-state index contributed by atoms with van der Waals surface area (Å²) in [6.45, 7) is 6.55. The van der Waals surface area contributed by atoms with Crippen molar-refractivity contribution >= 4 is 22.8 Å². The van der Waals surface area contributed by atoms with E-state index in [0.29, 0.717) is 23.9 Å². The van der Waals surface area contributed by atoms with Gasteiger partial charge in [-0.05, 0) is 30.9 Å². The maximum absolute atomic E-state index is 12.6. The van der Waals surface area contributed by atoms with E-state index in [2.05, 4.69) is 4.98 Å². The second-order valence-corrected chi connectivity index (χ2v) is 7.65. The number of carbonyl (C=O) groups is 2. The second-order valence-electron chi connectivity index (χ2n) is 7.65. The molecule has 0 bridgehead atoms. The summed E-state index contributed by atoms with van der Waals surface area (Å²) in [5.41, 5.74) is 0.561. The van der Waals surface area contributed by atoms with Crippen LogP contribution in [0.1, 0.15) is 32.3 Å². The molecule has 1 aliphatic heterocycles. The van der Waals surface area contributed by atoms with Gasteiger partial charge in [0.2, 0.25) is 5.91 Å². The lowest BCUT2D eigenvalue weighted by molar-refractivity contribution is -0.151. The number of hydrogen-bond acceptors (Lipinski definition) is 4. The fourth-order valence-corrected chi connectivity index (χ4v) is 3.81. The standard InChI is InChI=1S/C20H25N3O4/c1-13(2)20(19(26)27)8-10-22(11-20)16(24)7-9-23-12-21-17-14(3)5-4-6-15(17)18(23)25/h4-6,12-13H,7-11H2,1-3H3,(H,26,27). The number of fused-ring (bicyclic) bond motifs is 1. The Kier molecular flexibility index (Phi) is 5.04. The van der Waals surface area contributed by atoms with Crippen molar-refractivity contribution in [1.29, 1.82) is 0 Å². The van der Waals surface area contributed by atoms with Crippen molar-refractivity contribution in [2.45, 2.75) is 40.2 Å². The number of carboxylic acid groups (broad SMARTS) is 1. The van der Waals surface area contributed by atoms with Gasteiger partial charge in [0, 0.05) is 26.1 Å². The molecule has 1 aliphatic rings. The second kappa shape index (κ2) is 7.13. The topological polar surface area (TPSA) is 92.5 Å². The number of likely N-dealkylation sites (tertiary alicyclic amines) is 1. The number of hydrogen-bond donors (Lipinski definition) is 1. The van der Waals surface area contributed by atoms with Gasteiger partial charge in [0.1, 0.15) is 0 Å². The number of aryl methyl sites for hydroxylation is 2. The number of aromatic nitrogens is 2. The summed E-state index contributed by atoms with van der Waals surface area (Å²) in [4.78, 5) is 42.9. The zero-order valence-corrected chi connectivity index (χ0v) is 15.9. The van der Waals surface area contributed by atoms with Crippen LogP contribution in [-0.4, -0.2) is 44.5 Å². The Labute approximate surface area is 157 Å². The Bertz CT molecular complexity index is 950. The van der Waals surface area contributed by atoms with E-state index in [1.54, 1.807) is 11.0 Å². The first-order valence-electron chi connectivity index (χ1n) is 9.22. The van der Waals surface area contributed by atoms with Gasteiger partial charge in [-0.1, -0.05) is 26.0 Å². The number of carbonyl (C=O) groups excluding carboxylic acids is 1. The molecule has 3 rings (SSSR count). The van der Waals surface area contributed by atoms with Gasteiger partial charge in [0.05, 0.1) is 22.6 Å². The molecule has 7 heteroatoms. The number of carboxylic acids is 1. The lowest BCUT2D eigenvalue weighted by atomic mass is 9.76. The van der Waals surface area contributed by atoms with E-state index in [1.165, 1.54) is 10.9 Å². The number of amides is 1. The van der Waals surface area contributed by atoms with Crippen molar-refractivity contribution in [2.24, 2.45) is 11.3 Å². The molecule has 1 amide bonds. The molecule has 1 unspecified atom stereocenters. The molecule has 1 saturated heterocycles. The number of para-hydroxylation sites is 1. The molecule has 1 fully saturated rings. The molecule has 144 valence electrons. The Morgan fingerprint density at radius 1 is 1.33 bits per heavy atom. The van der Waals surface area contributed by atoms with Crippen LogP contribution in [0, 0.1) is 18.3 Å². The van der Waals surface area contributed by atoms with Crippen LogP contribution in [0.2, 0.25) is 0 Å². The van der Waals surface area contributed by atoms with Gasteiger partial charge in [-0.25, -0.2) is 4.98 Å². The monoisotopic (exact) mass is 371 g/mol. The minimum absolute atomic E-state index is 0.0525. The van der Waals surface area contributed by atoms with E-state index in [1.807, 2.05) is 32.9 Å². The highest BCUT2D eigenvalue weighted by molar-refractivity contribution is 5.81. The van der Waals surface area contributed by atoms with Gasteiger partial charge in [-0.2, -0.15) is 0 Å². The van der Waals surface area contributed by atoms with Gasteiger partial charge >= 0.3 is 5.97 Å². The third-order valence-electron chi connectivity index (χ3n) is 5.81. The smallest absolute Gasteiger partial charge is 0.311 e. The van der Waals surface area contributed by atoms with Gasteiger partial charge in [-0.3, -0.25) is 19.0 Å². The first-order chi connectivity index (χ1) is 12.8. The van der Waals surface area contributed by atoms with Crippen LogP contribution in [0.3, 0.4) is 0 Å². The van der Waals surface area contributed by atoms with Crippen LogP contribution in [0.4, 0.5) is 0 Å². The van der Waals surface area contributed by atoms with Crippen LogP contribution in [0.5, 0.6) is 0 Å². The average molecular weight is 371 g/mol. The van der Waals surface area contributed by atoms with E-state index in [9.17, 15) is 19.5 Å². The largest absolute Gasteiger partial charge is 0.481 e. The van der Waals surface area contributed by atoms with Crippen LogP contribution in [0.15, 0.2) is 29.3 Å². The van der Waals surface area contributed by atoms with Crippen LogP contribution in [0.25, 0.3) is 10.9 Å². The first kappa shape index (κ1) is 19.1. The fourth-order valence-electron chi connectivity index (χ4n) is 3.81. The molecule has 1 aromatic heterocycles. The highest BCUT2D eigenvalue weighted by atomic mass is 16.4. The number of rotatable bonds is 5. The van der Waals surface area contributed by atoms with Crippen molar-refractivity contribution in [3.8, 4) is 0 Å². The first-order valence-corrected chi connectivity index (χ1v) is 9.22. The Morgan fingerprint density at radius 2 is 2.07 bits per heavy atom. The van der Waals surface area contributed by atoms with E-state index in [-0.39, 0.29) is 36.9 Å². The molecule has 0 aliphatic carbocycles.